The van der Waals surface area contributed by atoms with Gasteiger partial charge in [0.15, 0.2) is 0 Å². The zero-order chi connectivity index (χ0) is 23.1. The zero-order valence-corrected chi connectivity index (χ0v) is 18.5. The third kappa shape index (κ3) is 4.93. The number of hydrogen-bond donors (Lipinski definition) is 3. The van der Waals surface area contributed by atoms with Crippen LogP contribution in [0.5, 0.6) is 0 Å². The number of carbonyl (C=O) groups excluding carboxylic acids is 2. The number of nitrogens with one attached hydrogen (secondary N) is 2. The topological polar surface area (TPSA) is 105 Å². The molecular formula is C25H30N2O5. The van der Waals surface area contributed by atoms with Crippen LogP contribution in [0.3, 0.4) is 0 Å². The summed E-state index contributed by atoms with van der Waals surface area (Å²) in [5.41, 5.74) is 3.38. The van der Waals surface area contributed by atoms with Gasteiger partial charge in [-0.2, -0.15) is 0 Å². The Bertz CT molecular complexity index is 938. The highest BCUT2D eigenvalue weighted by Crippen LogP contribution is 2.44. The second-order valence-electron chi connectivity index (χ2n) is 8.00. The maximum Gasteiger partial charge on any atom is 0.407 e. The summed E-state index contributed by atoms with van der Waals surface area (Å²) in [6, 6.07) is 16.3. The van der Waals surface area contributed by atoms with Crippen LogP contribution in [0.1, 0.15) is 56.6 Å². The maximum absolute atomic E-state index is 12.2. The molecule has 0 radical (unpaired) electrons. The molecule has 2 amide bonds. The highest BCUT2D eigenvalue weighted by Gasteiger charge is 2.36. The van der Waals surface area contributed by atoms with Crippen molar-refractivity contribution in [3.8, 4) is 11.1 Å². The number of ether oxygens (including phenoxy) is 1. The number of carboxylic acid groups (broad SMARTS) is 1. The Kier molecular flexibility index (Phi) is 7.51. The summed E-state index contributed by atoms with van der Waals surface area (Å²) in [5.74, 6) is -1.38. The molecule has 2 aromatic carbocycles. The number of carboxylic acids is 1. The standard InChI is InChI=1S/C25H30N2O5/c1-3-25(4-2,23(29)30)27-22(28)14-9-15-26-24(31)32-16-21-19-12-7-5-10-17(19)18-11-6-8-13-20(18)21/h5-8,10-13,21H,3-4,9,14-16H2,1-2H3,(H,26,31)(H,27,28)(H,29,30). The minimum atomic E-state index is -1.24. The van der Waals surface area contributed by atoms with Gasteiger partial charge in [-0.15, -0.1) is 0 Å². The predicted octanol–water partition coefficient (Wildman–Crippen LogP) is 4.06. The van der Waals surface area contributed by atoms with Crippen LogP contribution in [0.25, 0.3) is 11.1 Å². The maximum atomic E-state index is 12.2. The van der Waals surface area contributed by atoms with Crippen LogP contribution >= 0.6 is 0 Å². The number of alkyl carbamates (subject to hydrolysis) is 1. The lowest BCUT2D eigenvalue weighted by molar-refractivity contribution is -0.148. The monoisotopic (exact) mass is 438 g/mol. The van der Waals surface area contributed by atoms with E-state index in [0.29, 0.717) is 19.3 Å². The zero-order valence-electron chi connectivity index (χ0n) is 18.5. The van der Waals surface area contributed by atoms with E-state index in [-0.39, 0.29) is 31.4 Å². The molecule has 32 heavy (non-hydrogen) atoms. The molecule has 0 unspecified atom stereocenters. The van der Waals surface area contributed by atoms with Crippen molar-refractivity contribution >= 4 is 18.0 Å². The first-order chi connectivity index (χ1) is 15.4. The SMILES string of the molecule is CCC(CC)(NC(=O)CCCNC(=O)OCC1c2ccccc2-c2ccccc21)C(=O)O. The second-order valence-corrected chi connectivity index (χ2v) is 8.00. The molecule has 0 saturated heterocycles. The Labute approximate surface area is 188 Å². The minimum Gasteiger partial charge on any atom is -0.480 e. The van der Waals surface area contributed by atoms with Crippen molar-refractivity contribution in [3.05, 3.63) is 59.7 Å². The first-order valence-electron chi connectivity index (χ1n) is 11.0. The van der Waals surface area contributed by atoms with Gasteiger partial charge < -0.3 is 20.5 Å². The molecule has 7 heteroatoms. The molecule has 1 aliphatic carbocycles. The van der Waals surface area contributed by atoms with Crippen LogP contribution in [0.2, 0.25) is 0 Å². The van der Waals surface area contributed by atoms with Crippen molar-refractivity contribution in [1.82, 2.24) is 10.6 Å². The van der Waals surface area contributed by atoms with E-state index in [1.165, 1.54) is 11.1 Å². The van der Waals surface area contributed by atoms with E-state index >= 15 is 0 Å². The van der Waals surface area contributed by atoms with Crippen molar-refractivity contribution in [2.45, 2.75) is 51.0 Å². The number of rotatable bonds is 10. The van der Waals surface area contributed by atoms with E-state index in [1.807, 2.05) is 24.3 Å². The number of carbonyl (C=O) groups is 3. The summed E-state index contributed by atoms with van der Waals surface area (Å²) in [6.45, 7) is 3.96. The summed E-state index contributed by atoms with van der Waals surface area (Å²) >= 11 is 0. The van der Waals surface area contributed by atoms with Gasteiger partial charge in [-0.05, 0) is 41.5 Å². The number of benzene rings is 2. The van der Waals surface area contributed by atoms with E-state index in [2.05, 4.69) is 34.9 Å². The lowest BCUT2D eigenvalue weighted by Gasteiger charge is -2.28. The molecule has 0 heterocycles. The number of hydrogen-bond acceptors (Lipinski definition) is 4. The first-order valence-corrected chi connectivity index (χ1v) is 11.0. The molecule has 0 aliphatic heterocycles. The Morgan fingerprint density at radius 3 is 2.06 bits per heavy atom. The van der Waals surface area contributed by atoms with Gasteiger partial charge in [-0.1, -0.05) is 62.4 Å². The van der Waals surface area contributed by atoms with Crippen LogP contribution in [0.15, 0.2) is 48.5 Å². The Morgan fingerprint density at radius 1 is 0.969 bits per heavy atom. The molecule has 7 nitrogen and oxygen atoms in total. The average molecular weight is 439 g/mol. The molecule has 0 saturated carbocycles. The van der Waals surface area contributed by atoms with Gasteiger partial charge in [-0.25, -0.2) is 9.59 Å². The van der Waals surface area contributed by atoms with E-state index in [1.54, 1.807) is 13.8 Å². The van der Waals surface area contributed by atoms with Crippen molar-refractivity contribution in [2.75, 3.05) is 13.2 Å². The molecule has 3 N–H and O–H groups in total. The largest absolute Gasteiger partial charge is 0.480 e. The van der Waals surface area contributed by atoms with Crippen molar-refractivity contribution in [3.63, 3.8) is 0 Å². The van der Waals surface area contributed by atoms with Gasteiger partial charge in [0, 0.05) is 18.9 Å². The smallest absolute Gasteiger partial charge is 0.407 e. The van der Waals surface area contributed by atoms with Crippen LogP contribution in [-0.4, -0.2) is 41.8 Å². The molecule has 0 atom stereocenters. The summed E-state index contributed by atoms with van der Waals surface area (Å²) < 4.78 is 5.47. The highest BCUT2D eigenvalue weighted by molar-refractivity contribution is 5.87. The van der Waals surface area contributed by atoms with Gasteiger partial charge in [0.2, 0.25) is 5.91 Å². The molecular weight excluding hydrogens is 408 g/mol. The van der Waals surface area contributed by atoms with Gasteiger partial charge >= 0.3 is 12.1 Å². The molecule has 0 bridgehead atoms. The normalized spacial score (nSPS) is 12.6. The Hall–Kier alpha value is -3.35. The van der Waals surface area contributed by atoms with Gasteiger partial charge in [0.1, 0.15) is 12.1 Å². The summed E-state index contributed by atoms with van der Waals surface area (Å²) in [5, 5.41) is 14.7. The molecule has 0 aromatic heterocycles. The highest BCUT2D eigenvalue weighted by atomic mass is 16.5. The third-order valence-corrected chi connectivity index (χ3v) is 6.19. The fraction of sp³-hybridized carbons (Fsp3) is 0.400. The third-order valence-electron chi connectivity index (χ3n) is 6.19. The van der Waals surface area contributed by atoms with Crippen LogP contribution < -0.4 is 10.6 Å². The fourth-order valence-corrected chi connectivity index (χ4v) is 4.20. The van der Waals surface area contributed by atoms with Gasteiger partial charge in [0.25, 0.3) is 0 Å². The molecule has 3 rings (SSSR count). The minimum absolute atomic E-state index is 0.00819. The van der Waals surface area contributed by atoms with E-state index in [0.717, 1.165) is 11.1 Å². The predicted molar refractivity (Wildman–Crippen MR) is 121 cm³/mol. The summed E-state index contributed by atoms with van der Waals surface area (Å²) in [6.07, 6.45) is 0.595. The van der Waals surface area contributed by atoms with E-state index < -0.39 is 17.6 Å². The van der Waals surface area contributed by atoms with Crippen molar-refractivity contribution in [2.24, 2.45) is 0 Å². The molecule has 2 aromatic rings. The van der Waals surface area contributed by atoms with Crippen LogP contribution in [0, 0.1) is 0 Å². The number of fused-ring (bicyclic) bond motifs is 3. The van der Waals surface area contributed by atoms with E-state index in [4.69, 9.17) is 4.74 Å². The molecule has 1 aliphatic rings. The fourth-order valence-electron chi connectivity index (χ4n) is 4.20. The van der Waals surface area contributed by atoms with Gasteiger partial charge in [0.05, 0.1) is 0 Å². The first kappa shape index (κ1) is 23.3. The summed E-state index contributed by atoms with van der Waals surface area (Å²) in [7, 11) is 0. The van der Waals surface area contributed by atoms with Gasteiger partial charge in [-0.3, -0.25) is 4.79 Å². The Morgan fingerprint density at radius 2 is 1.53 bits per heavy atom. The summed E-state index contributed by atoms with van der Waals surface area (Å²) in [4.78, 5) is 35.8. The van der Waals surface area contributed by atoms with Crippen molar-refractivity contribution in [1.29, 1.82) is 0 Å². The lowest BCUT2D eigenvalue weighted by atomic mass is 9.92. The van der Waals surface area contributed by atoms with Crippen molar-refractivity contribution < 1.29 is 24.2 Å². The van der Waals surface area contributed by atoms with E-state index in [9.17, 15) is 19.5 Å². The quantitative estimate of drug-likeness (QED) is 0.485. The second kappa shape index (κ2) is 10.3. The Balaban J connectivity index is 1.45. The van der Waals surface area contributed by atoms with Crippen LogP contribution in [0.4, 0.5) is 4.79 Å². The number of amides is 2. The lowest BCUT2D eigenvalue weighted by Crippen LogP contribution is -2.53. The number of aliphatic carboxylic acids is 1. The molecule has 0 spiro atoms. The van der Waals surface area contributed by atoms with Crippen LogP contribution in [-0.2, 0) is 14.3 Å². The average Bonchev–Trinajstić information content (AvgIpc) is 3.12. The molecule has 170 valence electrons. The molecule has 0 fully saturated rings.